The summed E-state index contributed by atoms with van der Waals surface area (Å²) < 4.78 is 0.784. The standard InChI is InChI=1S/C15H14BrClN2O/c1-19(9-10-4-2-3-5-14(10)17)15(20)11-6-12(16)8-13(18)7-11/h2-8H,9,18H2,1H3. The number of carbonyl (C=O) groups is 1. The molecule has 0 spiro atoms. The number of nitrogens with zero attached hydrogens (tertiary/aromatic N) is 1. The van der Waals surface area contributed by atoms with Gasteiger partial charge in [-0.3, -0.25) is 4.79 Å². The summed E-state index contributed by atoms with van der Waals surface area (Å²) in [5.41, 5.74) is 7.76. The highest BCUT2D eigenvalue weighted by atomic mass is 79.9. The van der Waals surface area contributed by atoms with Crippen LogP contribution in [-0.4, -0.2) is 17.9 Å². The minimum atomic E-state index is -0.0991. The summed E-state index contributed by atoms with van der Waals surface area (Å²) in [5, 5.41) is 0.654. The summed E-state index contributed by atoms with van der Waals surface area (Å²) in [5.74, 6) is -0.0991. The topological polar surface area (TPSA) is 46.3 Å². The smallest absolute Gasteiger partial charge is 0.254 e. The predicted molar refractivity (Wildman–Crippen MR) is 85.8 cm³/mol. The van der Waals surface area contributed by atoms with E-state index in [0.717, 1.165) is 10.0 Å². The van der Waals surface area contributed by atoms with Crippen LogP contribution >= 0.6 is 27.5 Å². The first-order chi connectivity index (χ1) is 9.47. The van der Waals surface area contributed by atoms with E-state index < -0.39 is 0 Å². The van der Waals surface area contributed by atoms with Crippen molar-refractivity contribution in [1.29, 1.82) is 0 Å². The second kappa shape index (κ2) is 6.29. The number of rotatable bonds is 3. The van der Waals surface area contributed by atoms with Gasteiger partial charge in [0.05, 0.1) is 0 Å². The number of hydrogen-bond donors (Lipinski definition) is 1. The van der Waals surface area contributed by atoms with Gasteiger partial charge in [0, 0.05) is 34.3 Å². The van der Waals surface area contributed by atoms with E-state index in [1.807, 2.05) is 24.3 Å². The van der Waals surface area contributed by atoms with E-state index in [2.05, 4.69) is 15.9 Å². The van der Waals surface area contributed by atoms with Gasteiger partial charge in [0.25, 0.3) is 5.91 Å². The number of carbonyl (C=O) groups excluding carboxylic acids is 1. The number of halogens is 2. The van der Waals surface area contributed by atoms with Gasteiger partial charge in [0.1, 0.15) is 0 Å². The zero-order valence-corrected chi connectivity index (χ0v) is 13.3. The highest BCUT2D eigenvalue weighted by Gasteiger charge is 2.14. The first-order valence-electron chi connectivity index (χ1n) is 6.02. The Hall–Kier alpha value is -1.52. The van der Waals surface area contributed by atoms with Gasteiger partial charge < -0.3 is 10.6 Å². The van der Waals surface area contributed by atoms with Crippen molar-refractivity contribution in [1.82, 2.24) is 4.90 Å². The Balaban J connectivity index is 2.18. The number of anilines is 1. The molecule has 1 amide bonds. The zero-order chi connectivity index (χ0) is 14.7. The maximum atomic E-state index is 12.4. The molecule has 0 aliphatic heterocycles. The number of nitrogen functional groups attached to an aromatic ring is 1. The molecule has 0 aromatic heterocycles. The molecule has 0 radical (unpaired) electrons. The molecule has 0 atom stereocenters. The number of hydrogen-bond acceptors (Lipinski definition) is 2. The number of benzene rings is 2. The fourth-order valence-electron chi connectivity index (χ4n) is 1.91. The van der Waals surface area contributed by atoms with E-state index in [-0.39, 0.29) is 5.91 Å². The van der Waals surface area contributed by atoms with E-state index in [9.17, 15) is 4.79 Å². The Bertz CT molecular complexity index is 625. The Labute approximate surface area is 131 Å². The second-order valence-corrected chi connectivity index (χ2v) is 5.85. The maximum absolute atomic E-state index is 12.4. The highest BCUT2D eigenvalue weighted by molar-refractivity contribution is 9.10. The van der Waals surface area contributed by atoms with Gasteiger partial charge in [-0.25, -0.2) is 0 Å². The lowest BCUT2D eigenvalue weighted by molar-refractivity contribution is 0.0785. The normalized spacial score (nSPS) is 10.3. The van der Waals surface area contributed by atoms with E-state index in [4.69, 9.17) is 17.3 Å². The van der Waals surface area contributed by atoms with Crippen molar-refractivity contribution in [3.8, 4) is 0 Å². The fraction of sp³-hybridized carbons (Fsp3) is 0.133. The van der Waals surface area contributed by atoms with Gasteiger partial charge >= 0.3 is 0 Å². The molecule has 2 N–H and O–H groups in total. The molecule has 0 bridgehead atoms. The summed E-state index contributed by atoms with van der Waals surface area (Å²) in [6, 6.07) is 12.6. The van der Waals surface area contributed by atoms with Crippen LogP contribution in [0.15, 0.2) is 46.9 Å². The molecule has 2 aromatic rings. The zero-order valence-electron chi connectivity index (χ0n) is 10.9. The molecule has 2 rings (SSSR count). The molecule has 0 aliphatic rings. The lowest BCUT2D eigenvalue weighted by Crippen LogP contribution is -2.26. The summed E-state index contributed by atoms with van der Waals surface area (Å²) in [4.78, 5) is 14.0. The molecule has 3 nitrogen and oxygen atoms in total. The van der Waals surface area contributed by atoms with Crippen molar-refractivity contribution < 1.29 is 4.79 Å². The van der Waals surface area contributed by atoms with Gasteiger partial charge in [0.15, 0.2) is 0 Å². The van der Waals surface area contributed by atoms with Crippen molar-refractivity contribution in [3.05, 3.63) is 63.1 Å². The van der Waals surface area contributed by atoms with Gasteiger partial charge in [-0.2, -0.15) is 0 Å². The van der Waals surface area contributed by atoms with Crippen LogP contribution in [0.5, 0.6) is 0 Å². The molecular formula is C15H14BrClN2O. The summed E-state index contributed by atoms with van der Waals surface area (Å²) in [6.45, 7) is 0.449. The Morgan fingerprint density at radius 2 is 2.00 bits per heavy atom. The average Bonchev–Trinajstić information content (AvgIpc) is 2.39. The molecule has 2 aromatic carbocycles. The van der Waals surface area contributed by atoms with Crippen molar-refractivity contribution in [2.24, 2.45) is 0 Å². The van der Waals surface area contributed by atoms with Crippen LogP contribution in [0, 0.1) is 0 Å². The maximum Gasteiger partial charge on any atom is 0.254 e. The summed E-state index contributed by atoms with van der Waals surface area (Å²) in [7, 11) is 1.74. The third kappa shape index (κ3) is 3.52. The number of nitrogens with two attached hydrogens (primary N) is 1. The largest absolute Gasteiger partial charge is 0.399 e. The SMILES string of the molecule is CN(Cc1ccccc1Cl)C(=O)c1cc(N)cc(Br)c1. The summed E-state index contributed by atoms with van der Waals surface area (Å²) >= 11 is 9.44. The Kier molecular flexibility index (Phi) is 4.68. The Morgan fingerprint density at radius 1 is 1.30 bits per heavy atom. The second-order valence-electron chi connectivity index (χ2n) is 4.53. The van der Waals surface area contributed by atoms with Gasteiger partial charge in [-0.1, -0.05) is 45.7 Å². The molecular weight excluding hydrogens is 340 g/mol. The predicted octanol–water partition coefficient (Wildman–Crippen LogP) is 3.96. The first-order valence-corrected chi connectivity index (χ1v) is 7.19. The molecule has 0 fully saturated rings. The quantitative estimate of drug-likeness (QED) is 0.849. The van der Waals surface area contributed by atoms with Crippen LogP contribution in [0.2, 0.25) is 5.02 Å². The van der Waals surface area contributed by atoms with Crippen LogP contribution in [0.3, 0.4) is 0 Å². The minimum absolute atomic E-state index is 0.0991. The van der Waals surface area contributed by atoms with Crippen molar-refractivity contribution in [3.63, 3.8) is 0 Å². The van der Waals surface area contributed by atoms with E-state index >= 15 is 0 Å². The number of amides is 1. The minimum Gasteiger partial charge on any atom is -0.399 e. The molecule has 20 heavy (non-hydrogen) atoms. The van der Waals surface area contributed by atoms with Crippen LogP contribution < -0.4 is 5.73 Å². The van der Waals surface area contributed by atoms with Crippen LogP contribution in [0.25, 0.3) is 0 Å². The molecule has 0 saturated carbocycles. The third-order valence-corrected chi connectivity index (χ3v) is 3.71. The molecule has 0 aliphatic carbocycles. The molecule has 104 valence electrons. The average molecular weight is 354 g/mol. The summed E-state index contributed by atoms with van der Waals surface area (Å²) in [6.07, 6.45) is 0. The van der Waals surface area contributed by atoms with Crippen LogP contribution in [-0.2, 0) is 6.54 Å². The van der Waals surface area contributed by atoms with E-state index in [0.29, 0.717) is 22.8 Å². The van der Waals surface area contributed by atoms with Crippen molar-refractivity contribution >= 4 is 39.1 Å². The van der Waals surface area contributed by atoms with Crippen molar-refractivity contribution in [2.45, 2.75) is 6.54 Å². The Morgan fingerprint density at radius 3 is 2.65 bits per heavy atom. The highest BCUT2D eigenvalue weighted by Crippen LogP contribution is 2.20. The van der Waals surface area contributed by atoms with Gasteiger partial charge in [-0.15, -0.1) is 0 Å². The first kappa shape index (κ1) is 14.9. The van der Waals surface area contributed by atoms with Crippen molar-refractivity contribution in [2.75, 3.05) is 12.8 Å². The van der Waals surface area contributed by atoms with E-state index in [1.54, 1.807) is 30.1 Å². The van der Waals surface area contributed by atoms with Crippen LogP contribution in [0.4, 0.5) is 5.69 Å². The lowest BCUT2D eigenvalue weighted by atomic mass is 10.1. The van der Waals surface area contributed by atoms with Gasteiger partial charge in [0.2, 0.25) is 0 Å². The van der Waals surface area contributed by atoms with Gasteiger partial charge in [-0.05, 0) is 29.8 Å². The fourth-order valence-corrected chi connectivity index (χ4v) is 2.62. The lowest BCUT2D eigenvalue weighted by Gasteiger charge is -2.18. The molecule has 0 unspecified atom stereocenters. The molecule has 0 heterocycles. The van der Waals surface area contributed by atoms with Crippen LogP contribution in [0.1, 0.15) is 15.9 Å². The van der Waals surface area contributed by atoms with E-state index in [1.165, 1.54) is 0 Å². The monoisotopic (exact) mass is 352 g/mol. The molecule has 5 heteroatoms. The third-order valence-electron chi connectivity index (χ3n) is 2.88. The molecule has 0 saturated heterocycles.